The van der Waals surface area contributed by atoms with E-state index in [0.29, 0.717) is 11.4 Å². The first kappa shape index (κ1) is 13.3. The van der Waals surface area contributed by atoms with Gasteiger partial charge in [-0.2, -0.15) is 0 Å². The molecule has 0 aliphatic heterocycles. The fraction of sp³-hybridized carbons (Fsp3) is 0.357. The highest BCUT2D eigenvalue weighted by Crippen LogP contribution is 2.20. The highest BCUT2D eigenvalue weighted by atomic mass is 16.5. The van der Waals surface area contributed by atoms with Gasteiger partial charge in [0.25, 0.3) is 0 Å². The number of allylic oxidation sites excluding steroid dienone is 2. The molecule has 0 bridgehead atoms. The molecule has 0 spiro atoms. The molecule has 0 saturated heterocycles. The van der Waals surface area contributed by atoms with Gasteiger partial charge in [-0.1, -0.05) is 12.2 Å². The van der Waals surface area contributed by atoms with Crippen LogP contribution in [0.25, 0.3) is 0 Å². The van der Waals surface area contributed by atoms with Gasteiger partial charge in [0.2, 0.25) is 5.91 Å². The molecule has 1 N–H and O–H groups in total. The van der Waals surface area contributed by atoms with Gasteiger partial charge in [0.1, 0.15) is 5.82 Å². The molecule has 0 radical (unpaired) electrons. The molecule has 0 unspecified atom stereocenters. The van der Waals surface area contributed by atoms with E-state index in [1.54, 1.807) is 6.07 Å². The van der Waals surface area contributed by atoms with Gasteiger partial charge in [-0.25, -0.2) is 9.78 Å². The maximum atomic E-state index is 12.0. The van der Waals surface area contributed by atoms with Crippen LogP contribution in [0.15, 0.2) is 30.5 Å². The van der Waals surface area contributed by atoms with E-state index in [2.05, 4.69) is 21.1 Å². The summed E-state index contributed by atoms with van der Waals surface area (Å²) in [4.78, 5) is 27.4. The zero-order valence-corrected chi connectivity index (χ0v) is 10.8. The number of nitrogens with zero attached hydrogens (tertiary/aromatic N) is 1. The number of hydrogen-bond acceptors (Lipinski definition) is 4. The largest absolute Gasteiger partial charge is 0.465 e. The molecule has 1 amide bonds. The molecule has 0 saturated carbocycles. The van der Waals surface area contributed by atoms with E-state index in [0.717, 1.165) is 19.3 Å². The summed E-state index contributed by atoms with van der Waals surface area (Å²) in [6.45, 7) is 0. The number of esters is 1. The van der Waals surface area contributed by atoms with E-state index in [1.807, 2.05) is 6.08 Å². The Morgan fingerprint density at radius 2 is 2.26 bits per heavy atom. The van der Waals surface area contributed by atoms with Crippen molar-refractivity contribution in [2.24, 2.45) is 5.92 Å². The second-order valence-corrected chi connectivity index (χ2v) is 4.39. The number of methoxy groups -OCH3 is 1. The zero-order valence-electron chi connectivity index (χ0n) is 10.8. The van der Waals surface area contributed by atoms with Crippen molar-refractivity contribution in [2.45, 2.75) is 19.3 Å². The normalized spacial score (nSPS) is 17.8. The molecular formula is C14H16N2O3. The van der Waals surface area contributed by atoms with Crippen LogP contribution in [0.1, 0.15) is 29.6 Å². The van der Waals surface area contributed by atoms with Crippen molar-refractivity contribution in [3.8, 4) is 0 Å². The van der Waals surface area contributed by atoms with Gasteiger partial charge in [0.15, 0.2) is 0 Å². The minimum Gasteiger partial charge on any atom is -0.465 e. The van der Waals surface area contributed by atoms with E-state index >= 15 is 0 Å². The third kappa shape index (κ3) is 3.40. The minimum atomic E-state index is -0.446. The maximum Gasteiger partial charge on any atom is 0.338 e. The lowest BCUT2D eigenvalue weighted by Gasteiger charge is -2.16. The topological polar surface area (TPSA) is 68.3 Å². The Balaban J connectivity index is 2.04. The van der Waals surface area contributed by atoms with Crippen LogP contribution in [-0.4, -0.2) is 24.0 Å². The van der Waals surface area contributed by atoms with Gasteiger partial charge >= 0.3 is 5.97 Å². The smallest absolute Gasteiger partial charge is 0.338 e. The Bertz CT molecular complexity index is 511. The van der Waals surface area contributed by atoms with Crippen LogP contribution in [0, 0.1) is 5.92 Å². The number of hydrogen-bond donors (Lipinski definition) is 1. The molecule has 1 aromatic heterocycles. The van der Waals surface area contributed by atoms with Gasteiger partial charge in [-0.05, 0) is 31.4 Å². The molecule has 1 atom stereocenters. The number of rotatable bonds is 3. The van der Waals surface area contributed by atoms with Crippen LogP contribution in [0.3, 0.4) is 0 Å². The fourth-order valence-corrected chi connectivity index (χ4v) is 2.00. The lowest BCUT2D eigenvalue weighted by Crippen LogP contribution is -2.24. The van der Waals surface area contributed by atoms with Crippen molar-refractivity contribution < 1.29 is 14.3 Å². The molecule has 0 fully saturated rings. The van der Waals surface area contributed by atoms with E-state index in [9.17, 15) is 9.59 Å². The highest BCUT2D eigenvalue weighted by Gasteiger charge is 2.19. The van der Waals surface area contributed by atoms with Gasteiger partial charge in [0.05, 0.1) is 12.7 Å². The second kappa shape index (κ2) is 6.13. The number of nitrogens with one attached hydrogen (secondary N) is 1. The average Bonchev–Trinajstić information content (AvgIpc) is 2.47. The Morgan fingerprint density at radius 3 is 2.95 bits per heavy atom. The predicted molar refractivity (Wildman–Crippen MR) is 70.7 cm³/mol. The zero-order chi connectivity index (χ0) is 13.7. The van der Waals surface area contributed by atoms with Gasteiger partial charge in [-0.3, -0.25) is 4.79 Å². The van der Waals surface area contributed by atoms with E-state index < -0.39 is 5.97 Å². The van der Waals surface area contributed by atoms with Crippen LogP contribution in [-0.2, 0) is 9.53 Å². The van der Waals surface area contributed by atoms with E-state index in [1.165, 1.54) is 19.4 Å². The summed E-state index contributed by atoms with van der Waals surface area (Å²) in [5.74, 6) is -0.145. The number of carbonyl (C=O) groups is 2. The van der Waals surface area contributed by atoms with Crippen molar-refractivity contribution in [3.63, 3.8) is 0 Å². The third-order valence-electron chi connectivity index (χ3n) is 3.07. The Kier molecular flexibility index (Phi) is 4.28. The van der Waals surface area contributed by atoms with Crippen LogP contribution < -0.4 is 5.32 Å². The molecule has 5 heteroatoms. The fourth-order valence-electron chi connectivity index (χ4n) is 2.00. The van der Waals surface area contributed by atoms with Crippen LogP contribution in [0.2, 0.25) is 0 Å². The Morgan fingerprint density at radius 1 is 1.42 bits per heavy atom. The van der Waals surface area contributed by atoms with Crippen molar-refractivity contribution in [1.82, 2.24) is 4.98 Å². The summed E-state index contributed by atoms with van der Waals surface area (Å²) in [6, 6.07) is 3.06. The van der Waals surface area contributed by atoms with Gasteiger partial charge < -0.3 is 10.1 Å². The lowest BCUT2D eigenvalue weighted by molar-refractivity contribution is -0.120. The molecule has 5 nitrogen and oxygen atoms in total. The summed E-state index contributed by atoms with van der Waals surface area (Å²) in [6.07, 6.45) is 8.10. The van der Waals surface area contributed by atoms with Crippen LogP contribution in [0.4, 0.5) is 5.82 Å². The third-order valence-corrected chi connectivity index (χ3v) is 3.07. The van der Waals surface area contributed by atoms with Gasteiger partial charge in [-0.15, -0.1) is 0 Å². The summed E-state index contributed by atoms with van der Waals surface area (Å²) in [5.41, 5.74) is 0.372. The Labute approximate surface area is 111 Å². The second-order valence-electron chi connectivity index (χ2n) is 4.39. The van der Waals surface area contributed by atoms with Gasteiger partial charge in [0, 0.05) is 12.1 Å². The monoisotopic (exact) mass is 260 g/mol. The average molecular weight is 260 g/mol. The summed E-state index contributed by atoms with van der Waals surface area (Å²) in [7, 11) is 1.31. The predicted octanol–water partition coefficient (Wildman–Crippen LogP) is 2.16. The van der Waals surface area contributed by atoms with Crippen LogP contribution >= 0.6 is 0 Å². The first-order chi connectivity index (χ1) is 9.20. The standard InChI is InChI=1S/C14H16N2O3/c1-19-14(18)11-7-8-15-12(9-11)16-13(17)10-5-3-2-4-6-10/h2-3,7-10H,4-6H2,1H3,(H,15,16,17)/t10-/m1/s1. The maximum absolute atomic E-state index is 12.0. The van der Waals surface area contributed by atoms with Crippen molar-refractivity contribution >= 4 is 17.7 Å². The lowest BCUT2D eigenvalue weighted by atomic mass is 9.94. The van der Waals surface area contributed by atoms with Crippen molar-refractivity contribution in [3.05, 3.63) is 36.0 Å². The molecule has 1 aliphatic carbocycles. The molecule has 1 heterocycles. The SMILES string of the molecule is COC(=O)c1ccnc(NC(=O)[C@@H]2CC=CCC2)c1. The Hall–Kier alpha value is -2.17. The molecule has 1 aliphatic rings. The van der Waals surface area contributed by atoms with E-state index in [4.69, 9.17) is 0 Å². The molecule has 100 valence electrons. The number of pyridine rings is 1. The number of ether oxygens (including phenoxy) is 1. The minimum absolute atomic E-state index is 0.0198. The highest BCUT2D eigenvalue weighted by molar-refractivity contribution is 5.94. The van der Waals surface area contributed by atoms with Crippen molar-refractivity contribution in [2.75, 3.05) is 12.4 Å². The summed E-state index contributed by atoms with van der Waals surface area (Å²) < 4.78 is 4.62. The molecule has 2 rings (SSSR count). The number of amides is 1. The molecular weight excluding hydrogens is 244 g/mol. The molecule has 19 heavy (non-hydrogen) atoms. The quantitative estimate of drug-likeness (QED) is 0.668. The molecule has 1 aromatic rings. The first-order valence-electron chi connectivity index (χ1n) is 6.21. The number of carbonyl (C=O) groups excluding carboxylic acids is 2. The number of aromatic nitrogens is 1. The first-order valence-corrected chi connectivity index (χ1v) is 6.21. The number of anilines is 1. The molecule has 0 aromatic carbocycles. The summed E-state index contributed by atoms with van der Waals surface area (Å²) >= 11 is 0. The van der Waals surface area contributed by atoms with Crippen molar-refractivity contribution in [1.29, 1.82) is 0 Å². The van der Waals surface area contributed by atoms with Crippen LogP contribution in [0.5, 0.6) is 0 Å². The van der Waals surface area contributed by atoms with E-state index in [-0.39, 0.29) is 11.8 Å². The summed E-state index contributed by atoms with van der Waals surface area (Å²) in [5, 5.41) is 2.74.